The Bertz CT molecular complexity index is 700. The van der Waals surface area contributed by atoms with E-state index in [2.05, 4.69) is 5.32 Å². The third-order valence-corrected chi connectivity index (χ3v) is 3.80. The van der Waals surface area contributed by atoms with Crippen molar-refractivity contribution in [1.29, 1.82) is 0 Å². The first-order valence-electron chi connectivity index (χ1n) is 7.72. The van der Waals surface area contributed by atoms with Crippen molar-refractivity contribution in [2.75, 3.05) is 21.3 Å². The number of rotatable bonds is 7. The molecular weight excluding hydrogens is 306 g/mol. The first kappa shape index (κ1) is 17.7. The number of nitrogens with one attached hydrogen (secondary N) is 1. The van der Waals surface area contributed by atoms with Gasteiger partial charge in [0.25, 0.3) is 0 Å². The second kappa shape index (κ2) is 8.24. The predicted molar refractivity (Wildman–Crippen MR) is 92.8 cm³/mol. The van der Waals surface area contributed by atoms with E-state index in [1.807, 2.05) is 43.3 Å². The van der Waals surface area contributed by atoms with Crippen molar-refractivity contribution in [3.05, 3.63) is 53.6 Å². The van der Waals surface area contributed by atoms with E-state index >= 15 is 0 Å². The molecule has 5 heteroatoms. The maximum atomic E-state index is 12.3. The van der Waals surface area contributed by atoms with E-state index < -0.39 is 0 Å². The Morgan fingerprint density at radius 1 is 0.958 bits per heavy atom. The molecule has 2 aromatic rings. The number of carbonyl (C=O) groups excluding carboxylic acids is 1. The Hall–Kier alpha value is -2.69. The van der Waals surface area contributed by atoms with Crippen LogP contribution in [0.3, 0.4) is 0 Å². The number of amides is 1. The average molecular weight is 329 g/mol. The molecule has 0 aliphatic carbocycles. The minimum Gasteiger partial charge on any atom is -0.496 e. The molecule has 0 heterocycles. The minimum atomic E-state index is -0.145. The topological polar surface area (TPSA) is 56.8 Å². The molecule has 0 saturated heterocycles. The smallest absolute Gasteiger partial charge is 0.224 e. The Balaban J connectivity index is 2.05. The van der Waals surface area contributed by atoms with Gasteiger partial charge in [0.15, 0.2) is 11.5 Å². The van der Waals surface area contributed by atoms with Gasteiger partial charge in [0.1, 0.15) is 5.75 Å². The summed E-state index contributed by atoms with van der Waals surface area (Å²) >= 11 is 0. The molecule has 0 aliphatic heterocycles. The van der Waals surface area contributed by atoms with Gasteiger partial charge in [-0.15, -0.1) is 0 Å². The summed E-state index contributed by atoms with van der Waals surface area (Å²) in [6, 6.07) is 13.0. The van der Waals surface area contributed by atoms with Gasteiger partial charge in [-0.3, -0.25) is 4.79 Å². The van der Waals surface area contributed by atoms with Crippen LogP contribution in [0.1, 0.15) is 24.1 Å². The molecule has 0 saturated carbocycles. The Morgan fingerprint density at radius 2 is 1.62 bits per heavy atom. The molecule has 1 N–H and O–H groups in total. The minimum absolute atomic E-state index is 0.0689. The molecule has 0 radical (unpaired) electrons. The van der Waals surface area contributed by atoms with E-state index in [1.165, 1.54) is 0 Å². The Labute approximate surface area is 142 Å². The molecule has 1 unspecified atom stereocenters. The van der Waals surface area contributed by atoms with Crippen LogP contribution in [-0.4, -0.2) is 27.2 Å². The van der Waals surface area contributed by atoms with E-state index in [4.69, 9.17) is 14.2 Å². The number of carbonyl (C=O) groups is 1. The largest absolute Gasteiger partial charge is 0.496 e. The highest BCUT2D eigenvalue weighted by atomic mass is 16.5. The van der Waals surface area contributed by atoms with Gasteiger partial charge in [-0.1, -0.05) is 24.3 Å². The fourth-order valence-electron chi connectivity index (χ4n) is 2.57. The second-order valence-corrected chi connectivity index (χ2v) is 5.40. The first-order chi connectivity index (χ1) is 11.6. The fraction of sp³-hybridized carbons (Fsp3) is 0.316. The van der Waals surface area contributed by atoms with Gasteiger partial charge in [-0.2, -0.15) is 0 Å². The van der Waals surface area contributed by atoms with Crippen molar-refractivity contribution in [3.63, 3.8) is 0 Å². The number of hydrogen-bond acceptors (Lipinski definition) is 4. The first-order valence-corrected chi connectivity index (χ1v) is 7.72. The SMILES string of the molecule is COc1ccc(CC(=O)NC(C)c2ccccc2OC)cc1OC. The summed E-state index contributed by atoms with van der Waals surface area (Å²) in [5, 5.41) is 2.99. The zero-order valence-electron chi connectivity index (χ0n) is 14.5. The van der Waals surface area contributed by atoms with Gasteiger partial charge in [0, 0.05) is 5.56 Å². The van der Waals surface area contributed by atoms with E-state index in [0.717, 1.165) is 16.9 Å². The summed E-state index contributed by atoms with van der Waals surface area (Å²) in [7, 11) is 4.78. The molecule has 2 aromatic carbocycles. The predicted octanol–water partition coefficient (Wildman–Crippen LogP) is 3.13. The lowest BCUT2D eigenvalue weighted by Crippen LogP contribution is -2.28. The van der Waals surface area contributed by atoms with E-state index in [-0.39, 0.29) is 18.4 Å². The lowest BCUT2D eigenvalue weighted by atomic mass is 10.1. The molecule has 0 aliphatic rings. The second-order valence-electron chi connectivity index (χ2n) is 5.40. The summed E-state index contributed by atoms with van der Waals surface area (Å²) in [5.74, 6) is 1.95. The Morgan fingerprint density at radius 3 is 2.29 bits per heavy atom. The zero-order valence-corrected chi connectivity index (χ0v) is 14.5. The van der Waals surface area contributed by atoms with Crippen LogP contribution in [0.2, 0.25) is 0 Å². The maximum absolute atomic E-state index is 12.3. The molecule has 24 heavy (non-hydrogen) atoms. The number of ether oxygens (including phenoxy) is 3. The van der Waals surface area contributed by atoms with Crippen LogP contribution in [0.5, 0.6) is 17.2 Å². The molecule has 1 atom stereocenters. The van der Waals surface area contributed by atoms with Crippen molar-refractivity contribution < 1.29 is 19.0 Å². The summed E-state index contributed by atoms with van der Waals surface area (Å²) < 4.78 is 15.8. The van der Waals surface area contributed by atoms with E-state index in [9.17, 15) is 4.79 Å². The molecular formula is C19H23NO4. The molecule has 2 rings (SSSR count). The third kappa shape index (κ3) is 4.19. The highest BCUT2D eigenvalue weighted by molar-refractivity contribution is 5.79. The summed E-state index contributed by atoms with van der Waals surface area (Å²) in [4.78, 5) is 12.3. The average Bonchev–Trinajstić information content (AvgIpc) is 2.61. The van der Waals surface area contributed by atoms with Crippen molar-refractivity contribution in [2.24, 2.45) is 0 Å². The molecule has 1 amide bonds. The highest BCUT2D eigenvalue weighted by Gasteiger charge is 2.14. The van der Waals surface area contributed by atoms with Gasteiger partial charge in [0.2, 0.25) is 5.91 Å². The molecule has 0 aromatic heterocycles. The monoisotopic (exact) mass is 329 g/mol. The van der Waals surface area contributed by atoms with Crippen LogP contribution in [0.15, 0.2) is 42.5 Å². The van der Waals surface area contributed by atoms with Gasteiger partial charge >= 0.3 is 0 Å². The third-order valence-electron chi connectivity index (χ3n) is 3.80. The molecule has 0 spiro atoms. The van der Waals surface area contributed by atoms with Crippen molar-refractivity contribution in [1.82, 2.24) is 5.32 Å². The maximum Gasteiger partial charge on any atom is 0.224 e. The molecule has 128 valence electrons. The van der Waals surface area contributed by atoms with Crippen LogP contribution in [0.25, 0.3) is 0 Å². The lowest BCUT2D eigenvalue weighted by molar-refractivity contribution is -0.121. The normalized spacial score (nSPS) is 11.5. The van der Waals surface area contributed by atoms with Crippen LogP contribution in [0.4, 0.5) is 0 Å². The number of para-hydroxylation sites is 1. The highest BCUT2D eigenvalue weighted by Crippen LogP contribution is 2.28. The van der Waals surface area contributed by atoms with Crippen molar-refractivity contribution in [2.45, 2.75) is 19.4 Å². The molecule has 0 fully saturated rings. The fourth-order valence-corrected chi connectivity index (χ4v) is 2.57. The quantitative estimate of drug-likeness (QED) is 0.848. The van der Waals surface area contributed by atoms with Gasteiger partial charge in [-0.05, 0) is 30.7 Å². The van der Waals surface area contributed by atoms with Crippen LogP contribution < -0.4 is 19.5 Å². The molecule has 5 nitrogen and oxygen atoms in total. The van der Waals surface area contributed by atoms with E-state index in [0.29, 0.717) is 11.5 Å². The van der Waals surface area contributed by atoms with Gasteiger partial charge in [-0.25, -0.2) is 0 Å². The van der Waals surface area contributed by atoms with Crippen LogP contribution >= 0.6 is 0 Å². The summed E-state index contributed by atoms with van der Waals surface area (Å²) in [6.07, 6.45) is 0.264. The van der Waals surface area contributed by atoms with Crippen LogP contribution in [0, 0.1) is 0 Å². The number of benzene rings is 2. The van der Waals surface area contributed by atoms with Crippen LogP contribution in [-0.2, 0) is 11.2 Å². The number of hydrogen-bond donors (Lipinski definition) is 1. The van der Waals surface area contributed by atoms with Gasteiger partial charge < -0.3 is 19.5 Å². The summed E-state index contributed by atoms with van der Waals surface area (Å²) in [6.45, 7) is 1.93. The Kier molecular flexibility index (Phi) is 6.07. The zero-order chi connectivity index (χ0) is 17.5. The van der Waals surface area contributed by atoms with Gasteiger partial charge in [0.05, 0.1) is 33.8 Å². The standard InChI is InChI=1S/C19H23NO4/c1-13(15-7-5-6-8-16(15)22-2)20-19(21)12-14-9-10-17(23-3)18(11-14)24-4/h5-11,13H,12H2,1-4H3,(H,20,21). The number of methoxy groups -OCH3 is 3. The van der Waals surface area contributed by atoms with Crippen molar-refractivity contribution >= 4 is 5.91 Å². The van der Waals surface area contributed by atoms with Crippen molar-refractivity contribution in [3.8, 4) is 17.2 Å². The summed E-state index contributed by atoms with van der Waals surface area (Å²) in [5.41, 5.74) is 1.80. The molecule has 0 bridgehead atoms. The van der Waals surface area contributed by atoms with E-state index in [1.54, 1.807) is 27.4 Å². The lowest BCUT2D eigenvalue weighted by Gasteiger charge is -2.17.